The normalized spacial score (nSPS) is 20.7. The predicted molar refractivity (Wildman–Crippen MR) is 76.5 cm³/mol. The molecule has 9 heteroatoms. The standard InChI is InChI=1S/C13H21N7O2/c1-18-6-3-13(11(18)21)4-7-20(8-5-13)12(22)14-9-10-15-17-19(2)16-10/h3-9H2,1-2H3,(H,14,22). The van der Waals surface area contributed by atoms with Crippen LogP contribution < -0.4 is 5.32 Å². The number of nitrogens with one attached hydrogen (secondary N) is 1. The maximum absolute atomic E-state index is 12.3. The summed E-state index contributed by atoms with van der Waals surface area (Å²) >= 11 is 0. The van der Waals surface area contributed by atoms with Crippen molar-refractivity contribution in [1.29, 1.82) is 0 Å². The quantitative estimate of drug-likeness (QED) is 0.784. The van der Waals surface area contributed by atoms with Crippen molar-refractivity contribution in [3.8, 4) is 0 Å². The van der Waals surface area contributed by atoms with Gasteiger partial charge in [-0.15, -0.1) is 10.2 Å². The Morgan fingerprint density at radius 1 is 1.23 bits per heavy atom. The lowest BCUT2D eigenvalue weighted by Crippen LogP contribution is -2.49. The molecule has 2 fully saturated rings. The average Bonchev–Trinajstić information content (AvgIpc) is 3.05. The Kier molecular flexibility index (Phi) is 3.71. The maximum atomic E-state index is 12.3. The fourth-order valence-corrected chi connectivity index (χ4v) is 3.26. The van der Waals surface area contributed by atoms with E-state index >= 15 is 0 Å². The Bertz CT molecular complexity index is 577. The van der Waals surface area contributed by atoms with E-state index in [9.17, 15) is 9.59 Å². The van der Waals surface area contributed by atoms with Crippen molar-refractivity contribution in [2.24, 2.45) is 12.5 Å². The van der Waals surface area contributed by atoms with Crippen LogP contribution in [-0.4, -0.2) is 68.6 Å². The topological polar surface area (TPSA) is 96.2 Å². The zero-order chi connectivity index (χ0) is 15.7. The zero-order valence-corrected chi connectivity index (χ0v) is 12.9. The Morgan fingerprint density at radius 3 is 2.45 bits per heavy atom. The number of carbonyl (C=O) groups is 2. The molecule has 1 spiro atoms. The second-order valence-corrected chi connectivity index (χ2v) is 6.10. The lowest BCUT2D eigenvalue weighted by atomic mass is 9.77. The number of urea groups is 1. The van der Waals surface area contributed by atoms with Crippen molar-refractivity contribution in [2.45, 2.75) is 25.8 Å². The fraction of sp³-hybridized carbons (Fsp3) is 0.769. The van der Waals surface area contributed by atoms with Crippen LogP contribution in [0.3, 0.4) is 0 Å². The van der Waals surface area contributed by atoms with Crippen LogP contribution in [0.2, 0.25) is 0 Å². The molecule has 0 radical (unpaired) electrons. The highest BCUT2D eigenvalue weighted by Gasteiger charge is 2.47. The molecule has 0 bridgehead atoms. The second kappa shape index (κ2) is 5.54. The number of piperidine rings is 1. The smallest absolute Gasteiger partial charge is 0.317 e. The minimum absolute atomic E-state index is 0.138. The molecule has 120 valence electrons. The number of aromatic nitrogens is 4. The van der Waals surface area contributed by atoms with Gasteiger partial charge in [-0.1, -0.05) is 0 Å². The van der Waals surface area contributed by atoms with Gasteiger partial charge in [-0.25, -0.2) is 4.79 Å². The third-order valence-corrected chi connectivity index (χ3v) is 4.68. The molecule has 9 nitrogen and oxygen atoms in total. The Morgan fingerprint density at radius 2 is 1.91 bits per heavy atom. The van der Waals surface area contributed by atoms with E-state index in [2.05, 4.69) is 20.7 Å². The number of tetrazole rings is 1. The number of rotatable bonds is 2. The highest BCUT2D eigenvalue weighted by atomic mass is 16.2. The molecule has 2 saturated heterocycles. The third-order valence-electron chi connectivity index (χ3n) is 4.68. The van der Waals surface area contributed by atoms with Gasteiger partial charge in [-0.2, -0.15) is 4.80 Å². The van der Waals surface area contributed by atoms with Crippen molar-refractivity contribution in [3.05, 3.63) is 5.82 Å². The molecule has 0 aromatic carbocycles. The largest absolute Gasteiger partial charge is 0.345 e. The van der Waals surface area contributed by atoms with Crippen LogP contribution in [0.5, 0.6) is 0 Å². The van der Waals surface area contributed by atoms with Gasteiger partial charge in [0.2, 0.25) is 5.91 Å². The van der Waals surface area contributed by atoms with Crippen LogP contribution in [0.1, 0.15) is 25.1 Å². The summed E-state index contributed by atoms with van der Waals surface area (Å²) in [6.45, 7) is 2.30. The van der Waals surface area contributed by atoms with Crippen molar-refractivity contribution >= 4 is 11.9 Å². The number of aryl methyl sites for hydroxylation is 1. The van der Waals surface area contributed by atoms with Gasteiger partial charge >= 0.3 is 6.03 Å². The van der Waals surface area contributed by atoms with Crippen LogP contribution in [0, 0.1) is 5.41 Å². The molecule has 1 aromatic heterocycles. The molecule has 2 aliphatic rings. The molecule has 0 saturated carbocycles. The van der Waals surface area contributed by atoms with Gasteiger partial charge < -0.3 is 15.1 Å². The van der Waals surface area contributed by atoms with Crippen molar-refractivity contribution in [3.63, 3.8) is 0 Å². The average molecular weight is 307 g/mol. The van der Waals surface area contributed by atoms with E-state index in [1.165, 1.54) is 4.80 Å². The molecule has 0 atom stereocenters. The molecule has 1 aromatic rings. The summed E-state index contributed by atoms with van der Waals surface area (Å²) in [4.78, 5) is 29.3. The third kappa shape index (κ3) is 2.62. The van der Waals surface area contributed by atoms with E-state index in [1.807, 2.05) is 7.05 Å². The zero-order valence-electron chi connectivity index (χ0n) is 12.9. The minimum atomic E-state index is -0.238. The predicted octanol–water partition coefficient (Wildman–Crippen LogP) is -0.636. The molecule has 3 rings (SSSR count). The molecule has 1 N–H and O–H groups in total. The first-order valence-electron chi connectivity index (χ1n) is 7.51. The summed E-state index contributed by atoms with van der Waals surface area (Å²) in [6.07, 6.45) is 2.39. The molecule has 3 amide bonds. The second-order valence-electron chi connectivity index (χ2n) is 6.10. The van der Waals surface area contributed by atoms with Gasteiger partial charge in [-0.05, 0) is 24.5 Å². The highest BCUT2D eigenvalue weighted by Crippen LogP contribution is 2.40. The van der Waals surface area contributed by atoms with Crippen molar-refractivity contribution in [1.82, 2.24) is 35.3 Å². The summed E-state index contributed by atoms with van der Waals surface area (Å²) < 4.78 is 0. The molecule has 22 heavy (non-hydrogen) atoms. The Hall–Kier alpha value is -2.19. The van der Waals surface area contributed by atoms with Gasteiger partial charge in [0.05, 0.1) is 19.0 Å². The van der Waals surface area contributed by atoms with Crippen molar-refractivity contribution < 1.29 is 9.59 Å². The number of hydrogen-bond donors (Lipinski definition) is 1. The van der Waals surface area contributed by atoms with Gasteiger partial charge in [0.15, 0.2) is 5.82 Å². The molecular formula is C13H21N7O2. The van der Waals surface area contributed by atoms with E-state index in [0.29, 0.717) is 18.9 Å². The van der Waals surface area contributed by atoms with Crippen LogP contribution >= 0.6 is 0 Å². The molecular weight excluding hydrogens is 286 g/mol. The number of carbonyl (C=O) groups excluding carboxylic acids is 2. The molecule has 0 unspecified atom stereocenters. The number of amides is 3. The van der Waals surface area contributed by atoms with E-state index < -0.39 is 0 Å². The van der Waals surface area contributed by atoms with Crippen LogP contribution in [0.25, 0.3) is 0 Å². The van der Waals surface area contributed by atoms with E-state index in [1.54, 1.807) is 16.8 Å². The highest BCUT2D eigenvalue weighted by molar-refractivity contribution is 5.85. The summed E-state index contributed by atoms with van der Waals surface area (Å²) in [5, 5.41) is 14.4. The van der Waals surface area contributed by atoms with Gasteiger partial charge in [0.1, 0.15) is 0 Å². The SMILES string of the molecule is CN1CCC2(CCN(C(=O)NCc3nnn(C)n3)CC2)C1=O. The molecule has 3 heterocycles. The first kappa shape index (κ1) is 14.7. The Balaban J connectivity index is 1.51. The summed E-state index contributed by atoms with van der Waals surface area (Å²) in [5.41, 5.74) is -0.238. The summed E-state index contributed by atoms with van der Waals surface area (Å²) in [6, 6.07) is -0.138. The molecule has 2 aliphatic heterocycles. The number of likely N-dealkylation sites (tertiary alicyclic amines) is 2. The van der Waals surface area contributed by atoms with Crippen LogP contribution in [-0.2, 0) is 18.4 Å². The Labute approximate surface area is 128 Å². The number of hydrogen-bond acceptors (Lipinski definition) is 5. The van der Waals surface area contributed by atoms with E-state index in [0.717, 1.165) is 25.8 Å². The minimum Gasteiger partial charge on any atom is -0.345 e. The monoisotopic (exact) mass is 307 g/mol. The first-order chi connectivity index (χ1) is 10.5. The lowest BCUT2D eigenvalue weighted by molar-refractivity contribution is -0.137. The maximum Gasteiger partial charge on any atom is 0.317 e. The summed E-state index contributed by atoms with van der Waals surface area (Å²) in [7, 11) is 3.53. The van der Waals surface area contributed by atoms with Crippen molar-refractivity contribution in [2.75, 3.05) is 26.7 Å². The van der Waals surface area contributed by atoms with Gasteiger partial charge in [0.25, 0.3) is 0 Å². The van der Waals surface area contributed by atoms with E-state index in [-0.39, 0.29) is 23.9 Å². The molecule has 0 aliphatic carbocycles. The van der Waals surface area contributed by atoms with Crippen LogP contribution in [0.4, 0.5) is 4.79 Å². The lowest BCUT2D eigenvalue weighted by Gasteiger charge is -2.37. The number of nitrogens with zero attached hydrogens (tertiary/aromatic N) is 6. The summed E-state index contributed by atoms with van der Waals surface area (Å²) in [5.74, 6) is 0.716. The van der Waals surface area contributed by atoms with E-state index in [4.69, 9.17) is 0 Å². The van der Waals surface area contributed by atoms with Crippen LogP contribution in [0.15, 0.2) is 0 Å². The van der Waals surface area contributed by atoms with Gasteiger partial charge in [-0.3, -0.25) is 4.79 Å². The first-order valence-corrected chi connectivity index (χ1v) is 7.51. The fourth-order valence-electron chi connectivity index (χ4n) is 3.26. The van der Waals surface area contributed by atoms with Gasteiger partial charge in [0, 0.05) is 26.7 Å².